The Balaban J connectivity index is 2.68. The third-order valence-corrected chi connectivity index (χ3v) is 3.13. The molecule has 0 aliphatic rings. The molecule has 5 nitrogen and oxygen atoms in total. The molecule has 0 heterocycles. The van der Waals surface area contributed by atoms with Gasteiger partial charge in [-0.25, -0.2) is 0 Å². The summed E-state index contributed by atoms with van der Waals surface area (Å²) < 4.78 is 4.87. The smallest absolute Gasteiger partial charge is 0.263 e. The number of benzene rings is 1. The highest BCUT2D eigenvalue weighted by Crippen LogP contribution is 2.29. The Bertz CT molecular complexity index is 548. The number of methoxy groups -OCH3 is 1. The first-order chi connectivity index (χ1) is 10.1. The summed E-state index contributed by atoms with van der Waals surface area (Å²) >= 11 is 12.0. The van der Waals surface area contributed by atoms with E-state index in [1.165, 1.54) is 6.20 Å². The minimum Gasteiger partial charge on any atom is -0.385 e. The molecule has 2 N–H and O–H groups in total. The molecule has 0 aliphatic heterocycles. The zero-order valence-electron chi connectivity index (χ0n) is 11.5. The molecule has 21 heavy (non-hydrogen) atoms. The number of nitriles is 1. The summed E-state index contributed by atoms with van der Waals surface area (Å²) in [5.74, 6) is -0.468. The lowest BCUT2D eigenvalue weighted by molar-refractivity contribution is -0.117. The highest BCUT2D eigenvalue weighted by molar-refractivity contribution is 6.39. The van der Waals surface area contributed by atoms with Crippen molar-refractivity contribution in [3.63, 3.8) is 0 Å². The molecular weight excluding hydrogens is 313 g/mol. The van der Waals surface area contributed by atoms with Gasteiger partial charge >= 0.3 is 0 Å². The van der Waals surface area contributed by atoms with Crippen LogP contribution in [0.4, 0.5) is 5.69 Å². The fraction of sp³-hybridized carbons (Fsp3) is 0.286. The number of rotatable bonds is 7. The Hall–Kier alpha value is -1.74. The van der Waals surface area contributed by atoms with Gasteiger partial charge in [-0.15, -0.1) is 0 Å². The van der Waals surface area contributed by atoms with Gasteiger partial charge in [0.05, 0.1) is 15.7 Å². The Morgan fingerprint density at radius 2 is 2.10 bits per heavy atom. The first-order valence-corrected chi connectivity index (χ1v) is 6.93. The van der Waals surface area contributed by atoms with Crippen LogP contribution >= 0.6 is 23.2 Å². The normalized spacial score (nSPS) is 10.9. The minimum absolute atomic E-state index is 0.0663. The summed E-state index contributed by atoms with van der Waals surface area (Å²) in [6.07, 6.45) is 1.95. The van der Waals surface area contributed by atoms with Crippen molar-refractivity contribution in [3.05, 3.63) is 40.0 Å². The average molecular weight is 328 g/mol. The van der Waals surface area contributed by atoms with Crippen LogP contribution in [0.2, 0.25) is 10.0 Å². The van der Waals surface area contributed by atoms with Crippen molar-refractivity contribution in [2.75, 3.05) is 25.6 Å². The molecule has 0 fully saturated rings. The van der Waals surface area contributed by atoms with Crippen molar-refractivity contribution in [1.82, 2.24) is 5.32 Å². The van der Waals surface area contributed by atoms with Crippen molar-refractivity contribution in [2.45, 2.75) is 6.42 Å². The van der Waals surface area contributed by atoms with Gasteiger partial charge in [0.25, 0.3) is 5.91 Å². The molecule has 112 valence electrons. The first-order valence-electron chi connectivity index (χ1n) is 6.18. The number of hydrogen-bond acceptors (Lipinski definition) is 4. The second-order valence-electron chi connectivity index (χ2n) is 4.01. The van der Waals surface area contributed by atoms with E-state index in [4.69, 9.17) is 33.2 Å². The predicted molar refractivity (Wildman–Crippen MR) is 83.3 cm³/mol. The summed E-state index contributed by atoms with van der Waals surface area (Å²) in [7, 11) is 1.58. The second-order valence-corrected chi connectivity index (χ2v) is 4.83. The topological polar surface area (TPSA) is 74.1 Å². The number of carbonyl (C=O) groups is 1. The average Bonchev–Trinajstić information content (AvgIpc) is 2.47. The highest BCUT2D eigenvalue weighted by atomic mass is 35.5. The van der Waals surface area contributed by atoms with Crippen LogP contribution in [0.15, 0.2) is 30.0 Å². The molecule has 0 saturated carbocycles. The number of hydrogen-bond donors (Lipinski definition) is 2. The molecule has 0 atom stereocenters. The van der Waals surface area contributed by atoms with Crippen LogP contribution in [0.3, 0.4) is 0 Å². The lowest BCUT2D eigenvalue weighted by atomic mass is 10.2. The van der Waals surface area contributed by atoms with Crippen LogP contribution in [-0.2, 0) is 9.53 Å². The van der Waals surface area contributed by atoms with E-state index in [-0.39, 0.29) is 5.57 Å². The summed E-state index contributed by atoms with van der Waals surface area (Å²) in [6, 6.07) is 6.83. The van der Waals surface area contributed by atoms with Gasteiger partial charge < -0.3 is 15.4 Å². The van der Waals surface area contributed by atoms with Crippen molar-refractivity contribution in [2.24, 2.45) is 0 Å². The van der Waals surface area contributed by atoms with E-state index in [2.05, 4.69) is 10.6 Å². The molecule has 0 saturated heterocycles. The molecule has 1 aromatic rings. The van der Waals surface area contributed by atoms with Crippen LogP contribution in [0.5, 0.6) is 0 Å². The van der Waals surface area contributed by atoms with Crippen molar-refractivity contribution >= 4 is 34.8 Å². The largest absolute Gasteiger partial charge is 0.385 e. The first kappa shape index (κ1) is 17.3. The maximum absolute atomic E-state index is 11.8. The zero-order valence-corrected chi connectivity index (χ0v) is 13.0. The van der Waals surface area contributed by atoms with E-state index >= 15 is 0 Å². The maximum atomic E-state index is 11.8. The van der Waals surface area contributed by atoms with Gasteiger partial charge in [-0.2, -0.15) is 5.26 Å². The molecule has 0 radical (unpaired) electrons. The van der Waals surface area contributed by atoms with E-state index < -0.39 is 5.91 Å². The number of amides is 1. The number of para-hydroxylation sites is 1. The van der Waals surface area contributed by atoms with Crippen LogP contribution in [0, 0.1) is 11.3 Å². The Labute approximate surface area is 133 Å². The zero-order chi connectivity index (χ0) is 15.7. The molecule has 1 rings (SSSR count). The Morgan fingerprint density at radius 3 is 2.67 bits per heavy atom. The minimum atomic E-state index is -0.468. The van der Waals surface area contributed by atoms with E-state index in [0.29, 0.717) is 35.3 Å². The van der Waals surface area contributed by atoms with Crippen LogP contribution in [0.25, 0.3) is 0 Å². The number of nitrogens with one attached hydrogen (secondary N) is 2. The van der Waals surface area contributed by atoms with Crippen molar-refractivity contribution < 1.29 is 9.53 Å². The monoisotopic (exact) mass is 327 g/mol. The Morgan fingerprint density at radius 1 is 1.43 bits per heavy atom. The number of ether oxygens (including phenoxy) is 1. The van der Waals surface area contributed by atoms with Gasteiger partial charge in [0.1, 0.15) is 11.6 Å². The van der Waals surface area contributed by atoms with Gasteiger partial charge in [-0.3, -0.25) is 4.79 Å². The lowest BCUT2D eigenvalue weighted by Gasteiger charge is -2.07. The summed E-state index contributed by atoms with van der Waals surface area (Å²) in [5.41, 5.74) is 0.379. The lowest BCUT2D eigenvalue weighted by Crippen LogP contribution is -2.26. The number of anilines is 1. The van der Waals surface area contributed by atoms with Crippen LogP contribution in [0.1, 0.15) is 6.42 Å². The van der Waals surface area contributed by atoms with Gasteiger partial charge in [0.15, 0.2) is 0 Å². The third kappa shape index (κ3) is 5.64. The molecule has 1 aromatic carbocycles. The quantitative estimate of drug-likeness (QED) is 0.458. The van der Waals surface area contributed by atoms with Gasteiger partial charge in [-0.1, -0.05) is 29.3 Å². The van der Waals surface area contributed by atoms with E-state index in [1.807, 2.05) is 6.07 Å². The summed E-state index contributed by atoms with van der Waals surface area (Å²) in [4.78, 5) is 11.8. The summed E-state index contributed by atoms with van der Waals surface area (Å²) in [5, 5.41) is 15.2. The molecule has 0 spiro atoms. The van der Waals surface area contributed by atoms with Crippen molar-refractivity contribution in [1.29, 1.82) is 5.26 Å². The van der Waals surface area contributed by atoms with E-state index in [0.717, 1.165) is 0 Å². The fourth-order valence-corrected chi connectivity index (χ4v) is 1.95. The molecular formula is C14H15Cl2N3O2. The van der Waals surface area contributed by atoms with Gasteiger partial charge in [0, 0.05) is 26.5 Å². The molecule has 0 aromatic heterocycles. The number of nitrogens with zero attached hydrogens (tertiary/aromatic N) is 1. The van der Waals surface area contributed by atoms with Crippen molar-refractivity contribution in [3.8, 4) is 6.07 Å². The van der Waals surface area contributed by atoms with Crippen LogP contribution < -0.4 is 10.6 Å². The fourth-order valence-electron chi connectivity index (χ4n) is 1.44. The molecule has 1 amide bonds. The standard InChI is InChI=1S/C14H15Cl2N3O2/c1-21-7-3-6-18-14(20)10(8-17)9-19-13-11(15)4-2-5-12(13)16/h2,4-5,9,19H,3,6-7H2,1H3,(H,18,20)/b10-9-. The highest BCUT2D eigenvalue weighted by Gasteiger charge is 2.09. The van der Waals surface area contributed by atoms with E-state index in [9.17, 15) is 4.79 Å². The molecule has 0 bridgehead atoms. The maximum Gasteiger partial charge on any atom is 0.263 e. The third-order valence-electron chi connectivity index (χ3n) is 2.50. The number of carbonyl (C=O) groups excluding carboxylic acids is 1. The van der Waals surface area contributed by atoms with Gasteiger partial charge in [-0.05, 0) is 18.6 Å². The molecule has 0 unspecified atom stereocenters. The molecule has 0 aliphatic carbocycles. The summed E-state index contributed by atoms with van der Waals surface area (Å²) in [6.45, 7) is 0.970. The SMILES string of the molecule is COCCCNC(=O)/C(C#N)=C\Nc1c(Cl)cccc1Cl. The van der Waals surface area contributed by atoms with Gasteiger partial charge in [0.2, 0.25) is 0 Å². The second kappa shape index (κ2) is 9.24. The number of halogens is 2. The molecule has 7 heteroatoms. The predicted octanol–water partition coefficient (Wildman–Crippen LogP) is 2.97. The Kier molecular flexibility index (Phi) is 7.62. The van der Waals surface area contributed by atoms with E-state index in [1.54, 1.807) is 25.3 Å². The van der Waals surface area contributed by atoms with Crippen LogP contribution in [-0.4, -0.2) is 26.2 Å².